The molecule has 0 bridgehead atoms. The zero-order valence-electron chi connectivity index (χ0n) is 3.91. The van der Waals surface area contributed by atoms with E-state index >= 15 is 0 Å². The molecule has 0 amide bonds. The van der Waals surface area contributed by atoms with Crippen LogP contribution in [0, 0.1) is 0 Å². The third-order valence-corrected chi connectivity index (χ3v) is 0. The summed E-state index contributed by atoms with van der Waals surface area (Å²) in [6.07, 6.45) is 0. The second-order valence-electron chi connectivity index (χ2n) is 0.500. The van der Waals surface area contributed by atoms with Gasteiger partial charge in [-0.05, 0) is 0 Å². The first-order valence-electron chi connectivity index (χ1n) is 1.50. The van der Waals surface area contributed by atoms with Crippen LogP contribution in [0.2, 0.25) is 0 Å². The Morgan fingerprint density at radius 2 is 1.20 bits per heavy atom. The second kappa shape index (κ2) is 31.6. The predicted molar refractivity (Wildman–Crippen MR) is 34.3 cm³/mol. The molecule has 0 atom stereocenters. The van der Waals surface area contributed by atoms with Crippen molar-refractivity contribution in [2.75, 3.05) is 0 Å². The van der Waals surface area contributed by atoms with E-state index in [2.05, 4.69) is 17.8 Å². The molecule has 0 radical (unpaired) electrons. The molecule has 3 heteroatoms. The highest BCUT2D eigenvalue weighted by Gasteiger charge is 1.28. The normalized spacial score (nSPS) is 5.60. The van der Waals surface area contributed by atoms with Crippen molar-refractivity contribution in [2.24, 2.45) is 0 Å². The number of hydrogen-bond acceptors (Lipinski definition) is 1. The molecule has 0 aromatic rings. The highest BCUT2D eigenvalue weighted by Crippen LogP contribution is 0.879. The summed E-state index contributed by atoms with van der Waals surface area (Å²) in [6.45, 7) is 6.00. The van der Waals surface area contributed by atoms with Gasteiger partial charge in [0, 0.05) is 0 Å². The van der Waals surface area contributed by atoms with Crippen LogP contribution in [0.25, 0.3) is 0 Å². The van der Waals surface area contributed by atoms with Crippen LogP contribution >= 0.6 is 0 Å². The third-order valence-electron chi connectivity index (χ3n) is 0. The van der Waals surface area contributed by atoms with E-state index in [9.17, 15) is 0 Å². The smallest absolute Gasteiger partial charge is 0.0670 e. The molecule has 0 heterocycles. The summed E-state index contributed by atoms with van der Waals surface area (Å²) in [5.74, 6) is 0. The lowest BCUT2D eigenvalue weighted by molar-refractivity contribution is 1.68. The minimum Gasteiger partial charge on any atom is -0.374 e. The lowest BCUT2D eigenvalue weighted by atomic mass is 11.3. The Labute approximate surface area is 39.5 Å². The Morgan fingerprint density at radius 1 is 1.20 bits per heavy atom. The van der Waals surface area contributed by atoms with E-state index in [1.165, 1.54) is 20.8 Å². The summed E-state index contributed by atoms with van der Waals surface area (Å²) in [5.41, 5.74) is 0. The quantitative estimate of drug-likeness (QED) is 0.276. The van der Waals surface area contributed by atoms with Crippen molar-refractivity contribution in [3.63, 3.8) is 0 Å². The predicted octanol–water partition coefficient (Wildman–Crippen LogP) is -2.06. The van der Waals surface area contributed by atoms with Crippen LogP contribution < -0.4 is 4.65 Å². The van der Waals surface area contributed by atoms with Gasteiger partial charge in [0.1, 0.15) is 0 Å². The molecule has 0 spiro atoms. The van der Waals surface area contributed by atoms with E-state index in [1.807, 2.05) is 0 Å². The van der Waals surface area contributed by atoms with Crippen molar-refractivity contribution in [1.82, 2.24) is 4.65 Å². The maximum absolute atomic E-state index is 3.03. The zero-order valence-corrected chi connectivity index (χ0v) is 7.91. The van der Waals surface area contributed by atoms with Crippen LogP contribution in [0.5, 0.6) is 0 Å². The fourth-order valence-electron chi connectivity index (χ4n) is 0. The maximum atomic E-state index is 3.03. The molecule has 0 aliphatic heterocycles. The van der Waals surface area contributed by atoms with Crippen molar-refractivity contribution in [3.05, 3.63) is 13.2 Å². The van der Waals surface area contributed by atoms with Crippen LogP contribution in [0.1, 0.15) is 0 Å². The Balaban J connectivity index is 0. The monoisotopic (exact) mass is 105 g/mol. The maximum Gasteiger partial charge on any atom is 0.0670 e. The van der Waals surface area contributed by atoms with Gasteiger partial charge in [0.25, 0.3) is 0 Å². The first-order valence-corrected chi connectivity index (χ1v) is 3.50. The van der Waals surface area contributed by atoms with E-state index in [1.54, 1.807) is 0 Å². The Bertz CT molecular complexity index is 11.6. The van der Waals surface area contributed by atoms with Crippen LogP contribution in [0.4, 0.5) is 0 Å². The Hall–Kier alpha value is 0.134. The summed E-state index contributed by atoms with van der Waals surface area (Å²) < 4.78 is 3.03. The van der Waals surface area contributed by atoms with E-state index in [4.69, 9.17) is 0 Å². The lowest BCUT2D eigenvalue weighted by Gasteiger charge is -1.58. The molecular formula is C2H11NSi2. The van der Waals surface area contributed by atoms with Gasteiger partial charge in [-0.25, -0.2) is 0 Å². The largest absolute Gasteiger partial charge is 0.374 e. The molecular weight excluding hydrogens is 94.2 g/mol. The summed E-state index contributed by atoms with van der Waals surface area (Å²) in [7, 11) is 2.36. The van der Waals surface area contributed by atoms with Crippen LogP contribution in [-0.4, -0.2) is 20.8 Å². The zero-order chi connectivity index (χ0) is 4.71. The molecule has 0 unspecified atom stereocenters. The van der Waals surface area contributed by atoms with Crippen LogP contribution in [-0.2, 0) is 0 Å². The first-order chi connectivity index (χ1) is 2.41. The number of hydrogen-bond donors (Lipinski definition) is 1. The van der Waals surface area contributed by atoms with Gasteiger partial charge in [-0.2, -0.15) is 0 Å². The summed E-state index contributed by atoms with van der Waals surface area (Å²) >= 11 is 0. The standard InChI is InChI=1S/C2H4.H7NSi2/c1-2;2-1-3/h1-2H2;1H,2-3H3. The van der Waals surface area contributed by atoms with Crippen molar-refractivity contribution < 1.29 is 0 Å². The van der Waals surface area contributed by atoms with Crippen molar-refractivity contribution in [2.45, 2.75) is 0 Å². The molecule has 1 N–H and O–H groups in total. The van der Waals surface area contributed by atoms with Gasteiger partial charge in [0.05, 0.1) is 20.8 Å². The van der Waals surface area contributed by atoms with Gasteiger partial charge in [0.2, 0.25) is 0 Å². The molecule has 0 fully saturated rings. The van der Waals surface area contributed by atoms with Gasteiger partial charge in [-0.3, -0.25) is 0 Å². The molecule has 0 rings (SSSR count). The fraction of sp³-hybridized carbons (Fsp3) is 0. The summed E-state index contributed by atoms with van der Waals surface area (Å²) in [5, 5.41) is 0. The van der Waals surface area contributed by atoms with Crippen LogP contribution in [0.3, 0.4) is 0 Å². The average molecular weight is 105 g/mol. The van der Waals surface area contributed by atoms with E-state index in [0.29, 0.717) is 0 Å². The van der Waals surface area contributed by atoms with Crippen molar-refractivity contribution >= 4 is 20.8 Å². The minimum atomic E-state index is 1.18. The number of nitrogens with one attached hydrogen (secondary N) is 1. The highest BCUT2D eigenvalue weighted by molar-refractivity contribution is 6.25. The third kappa shape index (κ3) is 1050. The first kappa shape index (κ1) is 8.93. The topological polar surface area (TPSA) is 12.0 Å². The number of rotatable bonds is 0. The van der Waals surface area contributed by atoms with E-state index in [0.717, 1.165) is 0 Å². The fourth-order valence-corrected chi connectivity index (χ4v) is 0. The van der Waals surface area contributed by atoms with Crippen molar-refractivity contribution in [3.8, 4) is 0 Å². The highest BCUT2D eigenvalue weighted by atomic mass is 28.2. The molecule has 0 aromatic carbocycles. The van der Waals surface area contributed by atoms with Gasteiger partial charge in [0.15, 0.2) is 0 Å². The summed E-state index contributed by atoms with van der Waals surface area (Å²) in [6, 6.07) is 0. The van der Waals surface area contributed by atoms with Gasteiger partial charge < -0.3 is 4.65 Å². The summed E-state index contributed by atoms with van der Waals surface area (Å²) in [4.78, 5) is 0. The van der Waals surface area contributed by atoms with Gasteiger partial charge in [-0.1, -0.05) is 0 Å². The molecule has 32 valence electrons. The molecule has 5 heavy (non-hydrogen) atoms. The minimum absolute atomic E-state index is 1.18. The molecule has 0 aliphatic carbocycles. The van der Waals surface area contributed by atoms with Crippen LogP contribution in [0.15, 0.2) is 13.2 Å². The Morgan fingerprint density at radius 3 is 1.20 bits per heavy atom. The molecule has 0 saturated carbocycles. The second-order valence-corrected chi connectivity index (χ2v) is 4.50. The van der Waals surface area contributed by atoms with Gasteiger partial charge >= 0.3 is 0 Å². The molecule has 0 aliphatic rings. The molecule has 0 saturated heterocycles. The Kier molecular flexibility index (Phi) is 56.4. The molecule has 0 aromatic heterocycles. The molecule has 1 nitrogen and oxygen atoms in total. The van der Waals surface area contributed by atoms with E-state index in [-0.39, 0.29) is 0 Å². The lowest BCUT2D eigenvalue weighted by Crippen LogP contribution is -1.97. The SMILES string of the molecule is C=C.[SiH3]N[SiH3]. The van der Waals surface area contributed by atoms with E-state index < -0.39 is 0 Å². The average Bonchev–Trinajstić information content (AvgIpc) is 1.46. The van der Waals surface area contributed by atoms with Crippen molar-refractivity contribution in [1.29, 1.82) is 0 Å². The van der Waals surface area contributed by atoms with Gasteiger partial charge in [-0.15, -0.1) is 13.2 Å².